The minimum Gasteiger partial charge on any atom is -0.378 e. The lowest BCUT2D eigenvalue weighted by Crippen LogP contribution is -2.51. The molecule has 1 saturated heterocycles. The van der Waals surface area contributed by atoms with E-state index in [1.807, 2.05) is 0 Å². The molecule has 3 nitrogen and oxygen atoms in total. The summed E-state index contributed by atoms with van der Waals surface area (Å²) in [6.45, 7) is 6.17. The van der Waals surface area contributed by atoms with Crippen LogP contribution >= 0.6 is 0 Å². The number of morpholine rings is 1. The van der Waals surface area contributed by atoms with Crippen LogP contribution in [0, 0.1) is 5.92 Å². The smallest absolute Gasteiger partial charge is 0.0622 e. The molecule has 2 rings (SSSR count). The average molecular weight is 240 g/mol. The Hall–Kier alpha value is -0.120. The molecule has 3 heteroatoms. The van der Waals surface area contributed by atoms with Crippen LogP contribution in [0.2, 0.25) is 0 Å². The SMILES string of the molecule is CCC1COCCN1CC(N)C1CCCCC1. The van der Waals surface area contributed by atoms with Gasteiger partial charge in [-0.05, 0) is 25.2 Å². The zero-order chi connectivity index (χ0) is 12.1. The molecule has 100 valence electrons. The third kappa shape index (κ3) is 3.67. The van der Waals surface area contributed by atoms with Crippen LogP contribution in [0.3, 0.4) is 0 Å². The molecule has 1 heterocycles. The van der Waals surface area contributed by atoms with Gasteiger partial charge in [-0.1, -0.05) is 26.2 Å². The Morgan fingerprint density at radius 2 is 2.06 bits per heavy atom. The Labute approximate surface area is 106 Å². The quantitative estimate of drug-likeness (QED) is 0.817. The Morgan fingerprint density at radius 3 is 2.76 bits per heavy atom. The van der Waals surface area contributed by atoms with Crippen molar-refractivity contribution in [2.75, 3.05) is 26.3 Å². The second kappa shape index (κ2) is 6.72. The van der Waals surface area contributed by atoms with Crippen molar-refractivity contribution in [2.45, 2.75) is 57.5 Å². The first kappa shape index (κ1) is 13.3. The van der Waals surface area contributed by atoms with Gasteiger partial charge in [0.1, 0.15) is 0 Å². The first-order valence-corrected chi connectivity index (χ1v) is 7.38. The van der Waals surface area contributed by atoms with E-state index < -0.39 is 0 Å². The average Bonchev–Trinajstić information content (AvgIpc) is 2.40. The van der Waals surface area contributed by atoms with Crippen LogP contribution in [-0.2, 0) is 4.74 Å². The second-order valence-electron chi connectivity index (χ2n) is 5.69. The summed E-state index contributed by atoms with van der Waals surface area (Å²) < 4.78 is 5.55. The fraction of sp³-hybridized carbons (Fsp3) is 1.00. The molecule has 2 aliphatic rings. The maximum Gasteiger partial charge on any atom is 0.0622 e. The van der Waals surface area contributed by atoms with Crippen LogP contribution in [-0.4, -0.2) is 43.3 Å². The van der Waals surface area contributed by atoms with Gasteiger partial charge in [0.2, 0.25) is 0 Å². The molecule has 2 fully saturated rings. The van der Waals surface area contributed by atoms with Gasteiger partial charge < -0.3 is 10.5 Å². The zero-order valence-corrected chi connectivity index (χ0v) is 11.2. The van der Waals surface area contributed by atoms with Crippen molar-refractivity contribution in [1.82, 2.24) is 4.90 Å². The third-order valence-corrected chi connectivity index (χ3v) is 4.52. The van der Waals surface area contributed by atoms with Crippen LogP contribution in [0.4, 0.5) is 0 Å². The number of ether oxygens (including phenoxy) is 1. The van der Waals surface area contributed by atoms with Gasteiger partial charge >= 0.3 is 0 Å². The summed E-state index contributed by atoms with van der Waals surface area (Å²) in [4.78, 5) is 2.56. The molecule has 1 saturated carbocycles. The van der Waals surface area contributed by atoms with Gasteiger partial charge in [0.25, 0.3) is 0 Å². The molecule has 0 radical (unpaired) electrons. The highest BCUT2D eigenvalue weighted by molar-refractivity contribution is 4.83. The molecule has 0 aromatic carbocycles. The molecule has 0 aromatic rings. The number of nitrogens with two attached hydrogens (primary N) is 1. The largest absolute Gasteiger partial charge is 0.378 e. The fourth-order valence-electron chi connectivity index (χ4n) is 3.29. The van der Waals surface area contributed by atoms with E-state index in [1.165, 1.54) is 38.5 Å². The topological polar surface area (TPSA) is 38.5 Å². The predicted molar refractivity (Wildman–Crippen MR) is 71.0 cm³/mol. The lowest BCUT2D eigenvalue weighted by atomic mass is 9.84. The van der Waals surface area contributed by atoms with Gasteiger partial charge in [-0.3, -0.25) is 4.90 Å². The van der Waals surface area contributed by atoms with Crippen LogP contribution in [0.5, 0.6) is 0 Å². The van der Waals surface area contributed by atoms with Crippen molar-refractivity contribution in [3.63, 3.8) is 0 Å². The summed E-state index contributed by atoms with van der Waals surface area (Å²) in [5.74, 6) is 0.768. The van der Waals surface area contributed by atoms with E-state index >= 15 is 0 Å². The number of rotatable bonds is 4. The van der Waals surface area contributed by atoms with Gasteiger partial charge in [0.15, 0.2) is 0 Å². The summed E-state index contributed by atoms with van der Waals surface area (Å²) in [6, 6.07) is 0.973. The van der Waals surface area contributed by atoms with Gasteiger partial charge in [-0.25, -0.2) is 0 Å². The van der Waals surface area contributed by atoms with Crippen LogP contribution < -0.4 is 5.73 Å². The molecule has 0 bridgehead atoms. The van der Waals surface area contributed by atoms with Crippen molar-refractivity contribution >= 4 is 0 Å². The van der Waals surface area contributed by atoms with E-state index in [0.717, 1.165) is 32.2 Å². The molecular weight excluding hydrogens is 212 g/mol. The predicted octanol–water partition coefficient (Wildman–Crippen LogP) is 2.00. The molecule has 17 heavy (non-hydrogen) atoms. The van der Waals surface area contributed by atoms with Crippen LogP contribution in [0.1, 0.15) is 45.4 Å². The van der Waals surface area contributed by atoms with Gasteiger partial charge in [0, 0.05) is 25.2 Å². The lowest BCUT2D eigenvalue weighted by molar-refractivity contribution is -0.0142. The van der Waals surface area contributed by atoms with Crippen LogP contribution in [0.15, 0.2) is 0 Å². The number of nitrogens with zero attached hydrogens (tertiary/aromatic N) is 1. The van der Waals surface area contributed by atoms with Crippen molar-refractivity contribution in [3.8, 4) is 0 Å². The number of hydrogen-bond acceptors (Lipinski definition) is 3. The monoisotopic (exact) mass is 240 g/mol. The maximum absolute atomic E-state index is 6.41. The van der Waals surface area contributed by atoms with Gasteiger partial charge in [-0.2, -0.15) is 0 Å². The highest BCUT2D eigenvalue weighted by atomic mass is 16.5. The Morgan fingerprint density at radius 1 is 1.29 bits per heavy atom. The highest BCUT2D eigenvalue weighted by Gasteiger charge is 2.27. The summed E-state index contributed by atoms with van der Waals surface area (Å²) in [7, 11) is 0. The Bertz CT molecular complexity index is 216. The highest BCUT2D eigenvalue weighted by Crippen LogP contribution is 2.26. The van der Waals surface area contributed by atoms with Crippen molar-refractivity contribution in [2.24, 2.45) is 11.7 Å². The summed E-state index contributed by atoms with van der Waals surface area (Å²) in [5.41, 5.74) is 6.41. The fourth-order valence-corrected chi connectivity index (χ4v) is 3.29. The molecule has 2 atom stereocenters. The standard InChI is InChI=1S/C14H28N2O/c1-2-13-11-17-9-8-16(13)10-14(15)12-6-4-3-5-7-12/h12-14H,2-11,15H2,1H3. The van der Waals surface area contributed by atoms with Crippen molar-refractivity contribution in [3.05, 3.63) is 0 Å². The van der Waals surface area contributed by atoms with Crippen molar-refractivity contribution < 1.29 is 4.74 Å². The van der Waals surface area contributed by atoms with Crippen LogP contribution in [0.25, 0.3) is 0 Å². The molecule has 2 N–H and O–H groups in total. The Balaban J connectivity index is 1.81. The first-order chi connectivity index (χ1) is 8.31. The summed E-state index contributed by atoms with van der Waals surface area (Å²) >= 11 is 0. The zero-order valence-electron chi connectivity index (χ0n) is 11.2. The normalized spacial score (nSPS) is 30.4. The van der Waals surface area contributed by atoms with Gasteiger partial charge in [-0.15, -0.1) is 0 Å². The van der Waals surface area contributed by atoms with E-state index in [0.29, 0.717) is 12.1 Å². The maximum atomic E-state index is 6.41. The lowest BCUT2D eigenvalue weighted by Gasteiger charge is -2.38. The molecule has 2 unspecified atom stereocenters. The van der Waals surface area contributed by atoms with E-state index in [-0.39, 0.29) is 0 Å². The van der Waals surface area contributed by atoms with Gasteiger partial charge in [0.05, 0.1) is 13.2 Å². The second-order valence-corrected chi connectivity index (χ2v) is 5.69. The van der Waals surface area contributed by atoms with E-state index in [1.54, 1.807) is 0 Å². The Kier molecular flexibility index (Phi) is 5.26. The molecule has 1 aliphatic carbocycles. The summed E-state index contributed by atoms with van der Waals surface area (Å²) in [6.07, 6.45) is 8.07. The molecule has 1 aliphatic heterocycles. The molecule has 0 spiro atoms. The molecule has 0 amide bonds. The third-order valence-electron chi connectivity index (χ3n) is 4.52. The molecule has 0 aromatic heterocycles. The minimum absolute atomic E-state index is 0.377. The van der Waals surface area contributed by atoms with E-state index in [2.05, 4.69) is 11.8 Å². The van der Waals surface area contributed by atoms with Crippen molar-refractivity contribution in [1.29, 1.82) is 0 Å². The minimum atomic E-state index is 0.377. The summed E-state index contributed by atoms with van der Waals surface area (Å²) in [5, 5.41) is 0. The van der Waals surface area contributed by atoms with E-state index in [4.69, 9.17) is 10.5 Å². The number of hydrogen-bond donors (Lipinski definition) is 1. The molecular formula is C14H28N2O. The van der Waals surface area contributed by atoms with E-state index in [9.17, 15) is 0 Å². The first-order valence-electron chi connectivity index (χ1n) is 7.38.